The molecular formula is C43H85O8P. The van der Waals surface area contributed by atoms with E-state index in [2.05, 4.69) is 32.2 Å². The lowest BCUT2D eigenvalue weighted by Gasteiger charge is -2.18. The van der Waals surface area contributed by atoms with E-state index in [9.17, 15) is 14.2 Å². The highest BCUT2D eigenvalue weighted by Crippen LogP contribution is 2.36. The predicted molar refractivity (Wildman–Crippen MR) is 216 cm³/mol. The third-order valence-corrected chi connectivity index (χ3v) is 11.2. The predicted octanol–water partition coefficient (Wildman–Crippen LogP) is 13.3. The molecule has 0 aliphatic heterocycles. The Hall–Kier alpha value is -0.950. The van der Waals surface area contributed by atoms with E-state index in [1.165, 1.54) is 148 Å². The lowest BCUT2D eigenvalue weighted by Crippen LogP contribution is -2.29. The van der Waals surface area contributed by atoms with Crippen LogP contribution in [0, 0.1) is 11.8 Å². The van der Waals surface area contributed by atoms with Gasteiger partial charge in [-0.1, -0.05) is 207 Å². The van der Waals surface area contributed by atoms with Crippen LogP contribution in [0.1, 0.15) is 233 Å². The minimum absolute atomic E-state index is 0.217. The van der Waals surface area contributed by atoms with Crippen LogP contribution in [0.5, 0.6) is 0 Å². The van der Waals surface area contributed by atoms with Crippen LogP contribution in [0.25, 0.3) is 0 Å². The lowest BCUT2D eigenvalue weighted by molar-refractivity contribution is -0.161. The van der Waals surface area contributed by atoms with E-state index >= 15 is 0 Å². The molecule has 0 heterocycles. The van der Waals surface area contributed by atoms with Gasteiger partial charge in [0.25, 0.3) is 0 Å². The van der Waals surface area contributed by atoms with Crippen molar-refractivity contribution in [2.24, 2.45) is 11.8 Å². The summed E-state index contributed by atoms with van der Waals surface area (Å²) < 4.78 is 26.4. The molecule has 0 fully saturated rings. The molecule has 52 heavy (non-hydrogen) atoms. The highest BCUT2D eigenvalue weighted by atomic mass is 31.2. The monoisotopic (exact) mass is 761 g/mol. The van der Waals surface area contributed by atoms with Crippen molar-refractivity contribution >= 4 is 19.8 Å². The molecular weight excluding hydrogens is 675 g/mol. The van der Waals surface area contributed by atoms with Crippen LogP contribution in [-0.4, -0.2) is 41.0 Å². The summed E-state index contributed by atoms with van der Waals surface area (Å²) in [6.07, 6.45) is 36.9. The summed E-state index contributed by atoms with van der Waals surface area (Å²) >= 11 is 0. The lowest BCUT2D eigenvalue weighted by atomic mass is 9.99. The number of rotatable bonds is 40. The quantitative estimate of drug-likeness (QED) is 0.0360. The van der Waals surface area contributed by atoms with Crippen LogP contribution in [0.4, 0.5) is 0 Å². The van der Waals surface area contributed by atoms with Gasteiger partial charge in [0.15, 0.2) is 6.10 Å². The van der Waals surface area contributed by atoms with Crippen LogP contribution >= 0.6 is 7.82 Å². The number of ether oxygens (including phenoxy) is 2. The van der Waals surface area contributed by atoms with Gasteiger partial charge in [-0.3, -0.25) is 14.1 Å². The Labute approximate surface area is 321 Å². The molecule has 0 rings (SSSR count). The molecule has 8 nitrogen and oxygen atoms in total. The minimum Gasteiger partial charge on any atom is -0.462 e. The number of hydrogen-bond donors (Lipinski definition) is 2. The zero-order valence-corrected chi connectivity index (χ0v) is 35.5. The molecule has 310 valence electrons. The SMILES string of the molecule is CCC(C)CCCCCCCCCCCCCCCCCCCCC(=O)OC[C@H](COP(=O)(O)O)OC(=O)CCCCCCCCCCC(C)CC. The van der Waals surface area contributed by atoms with Crippen molar-refractivity contribution in [3.63, 3.8) is 0 Å². The van der Waals surface area contributed by atoms with Gasteiger partial charge in [0, 0.05) is 12.8 Å². The van der Waals surface area contributed by atoms with Crippen LogP contribution in [0.2, 0.25) is 0 Å². The van der Waals surface area contributed by atoms with Crippen LogP contribution in [-0.2, 0) is 28.2 Å². The van der Waals surface area contributed by atoms with Crippen LogP contribution < -0.4 is 0 Å². The van der Waals surface area contributed by atoms with Gasteiger partial charge in [0.2, 0.25) is 0 Å². The fourth-order valence-corrected chi connectivity index (χ4v) is 6.98. The smallest absolute Gasteiger partial charge is 0.462 e. The Balaban J connectivity index is 3.79. The normalized spacial score (nSPS) is 13.6. The van der Waals surface area contributed by atoms with Crippen molar-refractivity contribution in [2.75, 3.05) is 13.2 Å². The van der Waals surface area contributed by atoms with Crippen LogP contribution in [0.3, 0.4) is 0 Å². The van der Waals surface area contributed by atoms with E-state index in [4.69, 9.17) is 19.3 Å². The molecule has 0 amide bonds. The molecule has 0 aromatic heterocycles. The number of esters is 2. The van der Waals surface area contributed by atoms with Gasteiger partial charge in [0.1, 0.15) is 6.61 Å². The van der Waals surface area contributed by atoms with E-state index in [0.717, 1.165) is 50.4 Å². The summed E-state index contributed by atoms with van der Waals surface area (Å²) in [4.78, 5) is 42.8. The molecule has 0 aromatic carbocycles. The number of hydrogen-bond acceptors (Lipinski definition) is 6. The molecule has 0 radical (unpaired) electrons. The van der Waals surface area contributed by atoms with Gasteiger partial charge in [-0.25, -0.2) is 4.57 Å². The van der Waals surface area contributed by atoms with E-state index in [-0.39, 0.29) is 19.4 Å². The summed E-state index contributed by atoms with van der Waals surface area (Å²) in [5.41, 5.74) is 0. The highest BCUT2D eigenvalue weighted by Gasteiger charge is 2.23. The zero-order valence-electron chi connectivity index (χ0n) is 34.6. The first-order valence-corrected chi connectivity index (χ1v) is 23.7. The topological polar surface area (TPSA) is 119 Å². The minimum atomic E-state index is -4.75. The maximum absolute atomic E-state index is 12.4. The molecule has 0 saturated heterocycles. The maximum Gasteiger partial charge on any atom is 0.469 e. The fourth-order valence-electron chi connectivity index (χ4n) is 6.62. The van der Waals surface area contributed by atoms with Crippen molar-refractivity contribution in [3.8, 4) is 0 Å². The molecule has 0 spiro atoms. The van der Waals surface area contributed by atoms with Gasteiger partial charge in [-0.2, -0.15) is 0 Å². The number of carbonyl (C=O) groups is 2. The molecule has 0 bridgehead atoms. The third kappa shape index (κ3) is 38.8. The molecule has 0 aliphatic rings. The molecule has 0 saturated carbocycles. The Morgan fingerprint density at radius 1 is 0.481 bits per heavy atom. The average Bonchev–Trinajstić information content (AvgIpc) is 3.11. The standard InChI is InChI=1S/C43H85O8P/c1-5-39(3)33-29-25-21-17-15-13-11-9-7-8-10-12-14-16-18-23-27-31-35-42(44)49-37-41(38-50-52(46,47)48)51-43(45)36-32-28-24-20-19-22-26-30-34-40(4)6-2/h39-41H,5-38H2,1-4H3,(H2,46,47,48)/t39?,40?,41-/m1/s1. The van der Waals surface area contributed by atoms with E-state index < -0.39 is 32.5 Å². The summed E-state index contributed by atoms with van der Waals surface area (Å²) in [6.45, 7) is 8.42. The summed E-state index contributed by atoms with van der Waals surface area (Å²) in [6, 6.07) is 0. The van der Waals surface area contributed by atoms with Gasteiger partial charge in [-0.05, 0) is 24.7 Å². The summed E-state index contributed by atoms with van der Waals surface area (Å²) in [5, 5.41) is 0. The Morgan fingerprint density at radius 3 is 1.12 bits per heavy atom. The Morgan fingerprint density at radius 2 is 0.788 bits per heavy atom. The van der Waals surface area contributed by atoms with E-state index in [1.807, 2.05) is 0 Å². The van der Waals surface area contributed by atoms with Gasteiger partial charge in [0.05, 0.1) is 6.61 Å². The number of carbonyl (C=O) groups excluding carboxylic acids is 2. The first-order chi connectivity index (χ1) is 25.1. The second-order valence-electron chi connectivity index (χ2n) is 15.9. The molecule has 2 N–H and O–H groups in total. The zero-order chi connectivity index (χ0) is 38.5. The highest BCUT2D eigenvalue weighted by molar-refractivity contribution is 7.46. The largest absolute Gasteiger partial charge is 0.469 e. The van der Waals surface area contributed by atoms with E-state index in [1.54, 1.807) is 0 Å². The Bertz CT molecular complexity index is 847. The van der Waals surface area contributed by atoms with Crippen molar-refractivity contribution in [2.45, 2.75) is 239 Å². The number of phosphoric acid groups is 1. The summed E-state index contributed by atoms with van der Waals surface area (Å²) in [7, 11) is -4.75. The molecule has 0 aromatic rings. The van der Waals surface area contributed by atoms with Crippen LogP contribution in [0.15, 0.2) is 0 Å². The van der Waals surface area contributed by atoms with Gasteiger partial charge < -0.3 is 19.3 Å². The first-order valence-electron chi connectivity index (χ1n) is 22.1. The van der Waals surface area contributed by atoms with Gasteiger partial charge in [-0.15, -0.1) is 0 Å². The molecule has 3 atom stereocenters. The molecule has 9 heteroatoms. The second kappa shape index (κ2) is 37.0. The molecule has 0 aliphatic carbocycles. The fraction of sp³-hybridized carbons (Fsp3) is 0.953. The second-order valence-corrected chi connectivity index (χ2v) is 17.1. The van der Waals surface area contributed by atoms with Crippen molar-refractivity contribution in [1.82, 2.24) is 0 Å². The van der Waals surface area contributed by atoms with Crippen molar-refractivity contribution in [3.05, 3.63) is 0 Å². The van der Waals surface area contributed by atoms with E-state index in [0.29, 0.717) is 6.42 Å². The van der Waals surface area contributed by atoms with Crippen molar-refractivity contribution in [1.29, 1.82) is 0 Å². The number of phosphoric ester groups is 1. The number of unbranched alkanes of at least 4 members (excludes halogenated alkanes) is 24. The average molecular weight is 761 g/mol. The van der Waals surface area contributed by atoms with Crippen molar-refractivity contribution < 1.29 is 37.9 Å². The summed E-state index contributed by atoms with van der Waals surface area (Å²) in [5.74, 6) is 0.852. The molecule has 2 unspecified atom stereocenters. The third-order valence-electron chi connectivity index (χ3n) is 10.7. The Kier molecular flexibility index (Phi) is 36.3. The first kappa shape index (κ1) is 51.0. The maximum atomic E-state index is 12.4. The van der Waals surface area contributed by atoms with Gasteiger partial charge >= 0.3 is 19.8 Å².